The molecule has 3 aromatic rings. The van der Waals surface area contributed by atoms with Gasteiger partial charge in [-0.05, 0) is 42.5 Å². The van der Waals surface area contributed by atoms with Gasteiger partial charge in [-0.25, -0.2) is 9.80 Å². The van der Waals surface area contributed by atoms with Crippen LogP contribution in [0.15, 0.2) is 52.1 Å². The first kappa shape index (κ1) is 22.1. The maximum Gasteiger partial charge on any atom is 0.337 e. The lowest BCUT2D eigenvalue weighted by Gasteiger charge is -2.21. The number of methoxy groups -OCH3 is 1. The van der Waals surface area contributed by atoms with Gasteiger partial charge in [0.25, 0.3) is 5.89 Å². The van der Waals surface area contributed by atoms with Gasteiger partial charge >= 0.3 is 5.97 Å². The van der Waals surface area contributed by atoms with Crippen molar-refractivity contribution in [1.82, 2.24) is 15.1 Å². The maximum atomic E-state index is 12.5. The van der Waals surface area contributed by atoms with E-state index in [-0.39, 0.29) is 31.6 Å². The van der Waals surface area contributed by atoms with Gasteiger partial charge in [0.05, 0.1) is 12.7 Å². The summed E-state index contributed by atoms with van der Waals surface area (Å²) in [6, 6.07) is 11.5. The highest BCUT2D eigenvalue weighted by molar-refractivity contribution is 6.02. The predicted octanol–water partition coefficient (Wildman–Crippen LogP) is 2.22. The predicted molar refractivity (Wildman–Crippen MR) is 120 cm³/mol. The number of ether oxygens (including phenoxy) is 3. The molecule has 35 heavy (non-hydrogen) atoms. The zero-order valence-corrected chi connectivity index (χ0v) is 18.5. The van der Waals surface area contributed by atoms with Crippen LogP contribution < -0.4 is 14.8 Å². The van der Waals surface area contributed by atoms with Crippen LogP contribution in [0.25, 0.3) is 11.4 Å². The summed E-state index contributed by atoms with van der Waals surface area (Å²) in [6.07, 6.45) is 0.441. The molecule has 2 aliphatic heterocycles. The minimum Gasteiger partial charge on any atom is -0.465 e. The normalized spacial score (nSPS) is 14.5. The van der Waals surface area contributed by atoms with E-state index in [9.17, 15) is 14.4 Å². The van der Waals surface area contributed by atoms with Crippen LogP contribution in [-0.4, -0.2) is 59.1 Å². The van der Waals surface area contributed by atoms with Crippen molar-refractivity contribution in [3.8, 4) is 22.9 Å². The van der Waals surface area contributed by atoms with Crippen molar-refractivity contribution in [3.05, 3.63) is 53.9 Å². The van der Waals surface area contributed by atoms with Crippen LogP contribution in [0.2, 0.25) is 0 Å². The first-order valence-corrected chi connectivity index (χ1v) is 10.6. The first-order valence-electron chi connectivity index (χ1n) is 10.6. The molecule has 2 amide bonds. The lowest BCUT2D eigenvalue weighted by Crippen LogP contribution is -2.38. The molecular weight excluding hydrogens is 458 g/mol. The number of fused-ring (bicyclic) bond motifs is 1. The molecule has 0 saturated carbocycles. The topological polar surface area (TPSA) is 145 Å². The second kappa shape index (κ2) is 9.25. The lowest BCUT2D eigenvalue weighted by atomic mass is 10.1. The Hall–Kier alpha value is -4.74. The van der Waals surface area contributed by atoms with Gasteiger partial charge in [0.1, 0.15) is 12.3 Å². The molecule has 1 aromatic heterocycles. The van der Waals surface area contributed by atoms with Crippen LogP contribution in [0.1, 0.15) is 29.1 Å². The number of amides is 2. The van der Waals surface area contributed by atoms with Crippen LogP contribution in [0.3, 0.4) is 0 Å². The molecule has 2 aliphatic rings. The van der Waals surface area contributed by atoms with E-state index in [1.807, 2.05) is 0 Å². The number of hydrogen-bond acceptors (Lipinski definition) is 10. The smallest absolute Gasteiger partial charge is 0.337 e. The average Bonchev–Trinajstić information content (AvgIpc) is 3.55. The molecule has 178 valence electrons. The summed E-state index contributed by atoms with van der Waals surface area (Å²) in [4.78, 5) is 40.7. The minimum atomic E-state index is -0.480. The van der Waals surface area contributed by atoms with Crippen LogP contribution >= 0.6 is 0 Å². The highest BCUT2D eigenvalue weighted by Gasteiger charge is 2.27. The van der Waals surface area contributed by atoms with Crippen molar-refractivity contribution < 1.29 is 33.1 Å². The van der Waals surface area contributed by atoms with Crippen molar-refractivity contribution in [1.29, 1.82) is 0 Å². The monoisotopic (exact) mass is 477 g/mol. The van der Waals surface area contributed by atoms with Crippen LogP contribution in [0.4, 0.5) is 5.69 Å². The van der Waals surface area contributed by atoms with Gasteiger partial charge in [-0.2, -0.15) is 10.1 Å². The number of benzene rings is 2. The number of carbonyl (C=O) groups is 3. The van der Waals surface area contributed by atoms with Gasteiger partial charge in [-0.3, -0.25) is 9.59 Å². The Kier molecular flexibility index (Phi) is 5.83. The Morgan fingerprint density at radius 1 is 1.09 bits per heavy atom. The Morgan fingerprint density at radius 2 is 1.89 bits per heavy atom. The Balaban J connectivity index is 1.27. The fourth-order valence-corrected chi connectivity index (χ4v) is 3.52. The Bertz CT molecular complexity index is 1330. The fourth-order valence-electron chi connectivity index (χ4n) is 3.52. The van der Waals surface area contributed by atoms with E-state index >= 15 is 0 Å². The molecule has 12 nitrogen and oxygen atoms in total. The van der Waals surface area contributed by atoms with Crippen LogP contribution in [-0.2, 0) is 14.3 Å². The maximum absolute atomic E-state index is 12.5. The van der Waals surface area contributed by atoms with E-state index in [1.54, 1.807) is 30.3 Å². The van der Waals surface area contributed by atoms with E-state index in [0.717, 1.165) is 5.01 Å². The van der Waals surface area contributed by atoms with Gasteiger partial charge < -0.3 is 24.1 Å². The van der Waals surface area contributed by atoms with Gasteiger partial charge in [0.15, 0.2) is 11.5 Å². The molecular formula is C23H19N5O7. The molecule has 1 N–H and O–H groups in total. The number of anilines is 1. The third kappa shape index (κ3) is 4.67. The van der Waals surface area contributed by atoms with Gasteiger partial charge in [0.2, 0.25) is 24.4 Å². The van der Waals surface area contributed by atoms with E-state index in [4.69, 9.17) is 14.0 Å². The number of nitrogens with zero attached hydrogens (tertiary/aromatic N) is 4. The zero-order valence-electron chi connectivity index (χ0n) is 18.5. The van der Waals surface area contributed by atoms with Crippen molar-refractivity contribution in [2.45, 2.75) is 12.8 Å². The van der Waals surface area contributed by atoms with Gasteiger partial charge in [-0.15, -0.1) is 0 Å². The van der Waals surface area contributed by atoms with Crippen molar-refractivity contribution in [2.75, 3.05) is 25.8 Å². The number of aromatic nitrogens is 2. The Morgan fingerprint density at radius 3 is 2.69 bits per heavy atom. The number of rotatable bonds is 6. The molecule has 0 aliphatic carbocycles. The van der Waals surface area contributed by atoms with Gasteiger partial charge in [-0.1, -0.05) is 5.16 Å². The largest absolute Gasteiger partial charge is 0.465 e. The molecule has 5 rings (SSSR count). The van der Waals surface area contributed by atoms with Crippen molar-refractivity contribution in [3.63, 3.8) is 0 Å². The van der Waals surface area contributed by atoms with Gasteiger partial charge in [0, 0.05) is 24.1 Å². The fraction of sp³-hybridized carbons (Fsp3) is 0.217. The zero-order chi connectivity index (χ0) is 24.4. The molecule has 12 heteroatoms. The average molecular weight is 477 g/mol. The van der Waals surface area contributed by atoms with E-state index in [1.165, 1.54) is 19.2 Å². The molecule has 0 spiro atoms. The molecule has 2 aromatic carbocycles. The summed E-state index contributed by atoms with van der Waals surface area (Å²) in [5.41, 5.74) is 1.89. The standard InChI is InChI=1S/C23H19N5O7/c1-32-23(31)13-2-5-15(6-3-13)24-19(29)11-28-20(30)9-7-16(26-28)22-25-21(27-35-22)14-4-8-17-18(10-14)34-12-33-17/h2-6,8,10H,7,9,11-12H2,1H3,(H,24,29). The summed E-state index contributed by atoms with van der Waals surface area (Å²) < 4.78 is 20.7. The van der Waals surface area contributed by atoms with Crippen molar-refractivity contribution >= 4 is 29.2 Å². The quantitative estimate of drug-likeness (QED) is 0.528. The number of esters is 1. The number of hydrazone groups is 1. The van der Waals surface area contributed by atoms with E-state index in [2.05, 4.69) is 25.3 Å². The third-order valence-electron chi connectivity index (χ3n) is 5.29. The second-order valence-corrected chi connectivity index (χ2v) is 7.61. The summed E-state index contributed by atoms with van der Waals surface area (Å²) >= 11 is 0. The first-order chi connectivity index (χ1) is 17.0. The Labute approximate surface area is 198 Å². The third-order valence-corrected chi connectivity index (χ3v) is 5.29. The van der Waals surface area contributed by atoms with Crippen molar-refractivity contribution in [2.24, 2.45) is 5.10 Å². The molecule has 0 bridgehead atoms. The summed E-state index contributed by atoms with van der Waals surface area (Å²) in [5.74, 6) is 0.478. The number of nitrogens with one attached hydrogen (secondary N) is 1. The molecule has 0 radical (unpaired) electrons. The molecule has 0 fully saturated rings. The highest BCUT2D eigenvalue weighted by atomic mass is 16.7. The number of hydrogen-bond donors (Lipinski definition) is 1. The summed E-state index contributed by atoms with van der Waals surface area (Å²) in [6.45, 7) is -0.145. The SMILES string of the molecule is COC(=O)c1ccc(NC(=O)CN2N=C(c3nc(-c4ccc5c(c4)OCO5)no3)CCC2=O)cc1. The summed E-state index contributed by atoms with van der Waals surface area (Å²) in [7, 11) is 1.29. The highest BCUT2D eigenvalue weighted by Crippen LogP contribution is 2.35. The molecule has 3 heterocycles. The molecule has 0 atom stereocenters. The number of carbonyl (C=O) groups excluding carboxylic acids is 3. The van der Waals surface area contributed by atoms with Crippen LogP contribution in [0.5, 0.6) is 11.5 Å². The molecule has 0 unspecified atom stereocenters. The van der Waals surface area contributed by atoms with E-state index < -0.39 is 11.9 Å². The minimum absolute atomic E-state index is 0.141. The van der Waals surface area contributed by atoms with Crippen LogP contribution in [0, 0.1) is 0 Å². The summed E-state index contributed by atoms with van der Waals surface area (Å²) in [5, 5.41) is 12.0. The lowest BCUT2D eigenvalue weighted by molar-refractivity contribution is -0.135. The van der Waals surface area contributed by atoms with E-state index in [0.29, 0.717) is 46.3 Å². The molecule has 0 saturated heterocycles. The second-order valence-electron chi connectivity index (χ2n) is 7.61.